The van der Waals surface area contributed by atoms with Crippen LogP contribution in [0.3, 0.4) is 0 Å². The number of halogens is 1. The van der Waals surface area contributed by atoms with Crippen LogP contribution in [-0.2, 0) is 10.3 Å². The molecule has 1 fully saturated rings. The predicted octanol–water partition coefficient (Wildman–Crippen LogP) is 3.05. The molecule has 1 aromatic rings. The molecule has 0 amide bonds. The first-order valence-corrected chi connectivity index (χ1v) is 6.52. The molecule has 3 heteroatoms. The standard InChI is InChI=1S/C13H18BrNO/c1-13(15,11-5-3-7-16-9-11)10-4-2-6-12(14)8-10/h2,4,6,8,11H,3,5,7,9,15H2,1H3. The molecule has 0 saturated carbocycles. The molecule has 88 valence electrons. The third kappa shape index (κ3) is 2.47. The molecule has 2 rings (SSSR count). The average Bonchev–Trinajstić information content (AvgIpc) is 2.30. The van der Waals surface area contributed by atoms with E-state index in [1.54, 1.807) is 0 Å². The van der Waals surface area contributed by atoms with Crippen LogP contribution in [-0.4, -0.2) is 13.2 Å². The topological polar surface area (TPSA) is 35.2 Å². The molecule has 0 radical (unpaired) electrons. The van der Waals surface area contributed by atoms with Crippen LogP contribution in [0, 0.1) is 5.92 Å². The lowest BCUT2D eigenvalue weighted by atomic mass is 9.78. The first-order valence-electron chi connectivity index (χ1n) is 5.73. The highest BCUT2D eigenvalue weighted by Gasteiger charge is 2.33. The lowest BCUT2D eigenvalue weighted by molar-refractivity contribution is 0.0243. The summed E-state index contributed by atoms with van der Waals surface area (Å²) >= 11 is 3.49. The number of nitrogens with two attached hydrogens (primary N) is 1. The van der Waals surface area contributed by atoms with Crippen LogP contribution in [0.2, 0.25) is 0 Å². The zero-order valence-electron chi connectivity index (χ0n) is 9.58. The molecule has 2 N–H and O–H groups in total. The smallest absolute Gasteiger partial charge is 0.0515 e. The summed E-state index contributed by atoms with van der Waals surface area (Å²) in [6.07, 6.45) is 2.27. The van der Waals surface area contributed by atoms with Crippen LogP contribution in [0.5, 0.6) is 0 Å². The molecule has 16 heavy (non-hydrogen) atoms. The highest BCUT2D eigenvalue weighted by atomic mass is 79.9. The van der Waals surface area contributed by atoms with Gasteiger partial charge in [0.25, 0.3) is 0 Å². The number of hydrogen-bond acceptors (Lipinski definition) is 2. The minimum absolute atomic E-state index is 0.301. The minimum Gasteiger partial charge on any atom is -0.381 e. The molecular weight excluding hydrogens is 266 g/mol. The summed E-state index contributed by atoms with van der Waals surface area (Å²) in [6, 6.07) is 8.26. The second kappa shape index (κ2) is 4.86. The van der Waals surface area contributed by atoms with Gasteiger partial charge in [-0.05, 0) is 37.5 Å². The van der Waals surface area contributed by atoms with E-state index < -0.39 is 0 Å². The van der Waals surface area contributed by atoms with Gasteiger partial charge in [-0.1, -0.05) is 28.1 Å². The fourth-order valence-corrected chi connectivity index (χ4v) is 2.67. The molecule has 1 saturated heterocycles. The van der Waals surface area contributed by atoms with E-state index in [2.05, 4.69) is 35.0 Å². The average molecular weight is 284 g/mol. The number of benzene rings is 1. The second-order valence-corrected chi connectivity index (χ2v) is 5.62. The van der Waals surface area contributed by atoms with E-state index >= 15 is 0 Å². The summed E-state index contributed by atoms with van der Waals surface area (Å²) in [5, 5.41) is 0. The largest absolute Gasteiger partial charge is 0.381 e. The highest BCUT2D eigenvalue weighted by molar-refractivity contribution is 9.10. The van der Waals surface area contributed by atoms with Gasteiger partial charge in [-0.25, -0.2) is 0 Å². The maximum absolute atomic E-state index is 6.48. The monoisotopic (exact) mass is 283 g/mol. The second-order valence-electron chi connectivity index (χ2n) is 4.71. The van der Waals surface area contributed by atoms with Gasteiger partial charge >= 0.3 is 0 Å². The van der Waals surface area contributed by atoms with Gasteiger partial charge in [-0.15, -0.1) is 0 Å². The van der Waals surface area contributed by atoms with E-state index in [9.17, 15) is 0 Å². The molecular formula is C13H18BrNO. The van der Waals surface area contributed by atoms with E-state index in [4.69, 9.17) is 10.5 Å². The molecule has 0 spiro atoms. The fourth-order valence-electron chi connectivity index (χ4n) is 2.27. The Labute approximate surface area is 105 Å². The summed E-state index contributed by atoms with van der Waals surface area (Å²) in [6.45, 7) is 3.76. The van der Waals surface area contributed by atoms with Crippen LogP contribution >= 0.6 is 15.9 Å². The molecule has 1 heterocycles. The van der Waals surface area contributed by atoms with Crippen LogP contribution in [0.15, 0.2) is 28.7 Å². The molecule has 0 aliphatic carbocycles. The van der Waals surface area contributed by atoms with Crippen molar-refractivity contribution in [2.45, 2.75) is 25.3 Å². The Morgan fingerprint density at radius 1 is 1.50 bits per heavy atom. The number of rotatable bonds is 2. The summed E-state index contributed by atoms with van der Waals surface area (Å²) < 4.78 is 6.61. The van der Waals surface area contributed by atoms with Gasteiger partial charge in [0.15, 0.2) is 0 Å². The van der Waals surface area contributed by atoms with Crippen molar-refractivity contribution in [2.24, 2.45) is 11.7 Å². The first kappa shape index (κ1) is 12.1. The van der Waals surface area contributed by atoms with Gasteiger partial charge in [-0.2, -0.15) is 0 Å². The Hall–Kier alpha value is -0.380. The van der Waals surface area contributed by atoms with E-state index in [-0.39, 0.29) is 5.54 Å². The number of hydrogen-bond donors (Lipinski definition) is 1. The predicted molar refractivity (Wildman–Crippen MR) is 69.2 cm³/mol. The molecule has 1 aliphatic rings. The van der Waals surface area contributed by atoms with Gasteiger partial charge in [0.2, 0.25) is 0 Å². The van der Waals surface area contributed by atoms with Crippen LogP contribution in [0.1, 0.15) is 25.3 Å². The molecule has 2 nitrogen and oxygen atoms in total. The van der Waals surface area contributed by atoms with Crippen molar-refractivity contribution in [3.8, 4) is 0 Å². The molecule has 1 aromatic carbocycles. The maximum Gasteiger partial charge on any atom is 0.0515 e. The number of ether oxygens (including phenoxy) is 1. The van der Waals surface area contributed by atoms with Gasteiger partial charge in [0, 0.05) is 22.5 Å². The minimum atomic E-state index is -0.301. The lowest BCUT2D eigenvalue weighted by Gasteiger charge is -2.37. The summed E-state index contributed by atoms with van der Waals surface area (Å²) in [7, 11) is 0. The first-order chi connectivity index (χ1) is 7.60. The maximum atomic E-state index is 6.48. The van der Waals surface area contributed by atoms with E-state index in [1.165, 1.54) is 5.56 Å². The SMILES string of the molecule is CC(N)(c1cccc(Br)c1)C1CCCOC1. The van der Waals surface area contributed by atoms with Crippen molar-refractivity contribution >= 4 is 15.9 Å². The summed E-state index contributed by atoms with van der Waals surface area (Å²) in [5.74, 6) is 0.413. The van der Waals surface area contributed by atoms with Crippen LogP contribution < -0.4 is 5.73 Å². The Morgan fingerprint density at radius 3 is 2.94 bits per heavy atom. The normalized spacial score (nSPS) is 25.1. The van der Waals surface area contributed by atoms with E-state index in [0.717, 1.165) is 30.5 Å². The van der Waals surface area contributed by atoms with Crippen LogP contribution in [0.4, 0.5) is 0 Å². The third-order valence-corrected chi connectivity index (χ3v) is 3.95. The molecule has 1 aliphatic heterocycles. The zero-order valence-corrected chi connectivity index (χ0v) is 11.2. The van der Waals surface area contributed by atoms with E-state index in [1.807, 2.05) is 12.1 Å². The van der Waals surface area contributed by atoms with Crippen molar-refractivity contribution in [1.29, 1.82) is 0 Å². The zero-order chi connectivity index (χ0) is 11.6. The molecule has 0 aromatic heterocycles. The van der Waals surface area contributed by atoms with Crippen molar-refractivity contribution in [1.82, 2.24) is 0 Å². The van der Waals surface area contributed by atoms with Crippen molar-refractivity contribution in [3.05, 3.63) is 34.3 Å². The Kier molecular flexibility index (Phi) is 3.67. The van der Waals surface area contributed by atoms with Crippen molar-refractivity contribution < 1.29 is 4.74 Å². The van der Waals surface area contributed by atoms with Crippen molar-refractivity contribution in [2.75, 3.05) is 13.2 Å². The molecule has 2 unspecified atom stereocenters. The Morgan fingerprint density at radius 2 is 2.31 bits per heavy atom. The van der Waals surface area contributed by atoms with E-state index in [0.29, 0.717) is 5.92 Å². The van der Waals surface area contributed by atoms with Gasteiger partial charge < -0.3 is 10.5 Å². The van der Waals surface area contributed by atoms with Gasteiger partial charge in [0.1, 0.15) is 0 Å². The summed E-state index contributed by atoms with van der Waals surface area (Å²) in [5.41, 5.74) is 7.36. The Bertz CT molecular complexity index is 359. The quantitative estimate of drug-likeness (QED) is 0.906. The molecule has 0 bridgehead atoms. The molecule has 2 atom stereocenters. The van der Waals surface area contributed by atoms with Crippen LogP contribution in [0.25, 0.3) is 0 Å². The van der Waals surface area contributed by atoms with Gasteiger partial charge in [0.05, 0.1) is 6.61 Å². The third-order valence-electron chi connectivity index (χ3n) is 3.45. The summed E-state index contributed by atoms with van der Waals surface area (Å²) in [4.78, 5) is 0. The lowest BCUT2D eigenvalue weighted by Crippen LogP contribution is -2.44. The van der Waals surface area contributed by atoms with Crippen molar-refractivity contribution in [3.63, 3.8) is 0 Å². The Balaban J connectivity index is 2.22. The highest BCUT2D eigenvalue weighted by Crippen LogP contribution is 2.33. The van der Waals surface area contributed by atoms with Gasteiger partial charge in [-0.3, -0.25) is 0 Å². The fraction of sp³-hybridized carbons (Fsp3) is 0.538.